The van der Waals surface area contributed by atoms with E-state index in [4.69, 9.17) is 14.2 Å². The minimum absolute atomic E-state index is 0.0943. The van der Waals surface area contributed by atoms with Crippen molar-refractivity contribution in [3.8, 4) is 11.5 Å². The summed E-state index contributed by atoms with van der Waals surface area (Å²) in [4.78, 5) is 29.5. The molecule has 2 aliphatic heterocycles. The van der Waals surface area contributed by atoms with Crippen molar-refractivity contribution in [3.63, 3.8) is 0 Å². The Morgan fingerprint density at radius 2 is 1.50 bits per heavy atom. The second kappa shape index (κ2) is 14.8. The van der Waals surface area contributed by atoms with Crippen molar-refractivity contribution >= 4 is 12.2 Å². The van der Waals surface area contributed by atoms with Crippen molar-refractivity contribution in [3.05, 3.63) is 84.2 Å². The number of amides is 2. The van der Waals surface area contributed by atoms with Crippen LogP contribution in [0.25, 0.3) is 0 Å². The first kappa shape index (κ1) is 29.5. The summed E-state index contributed by atoms with van der Waals surface area (Å²) in [5.74, 6) is 0.590. The zero-order valence-corrected chi connectivity index (χ0v) is 23.3. The lowest BCUT2D eigenvalue weighted by Gasteiger charge is -2.39. The molecule has 2 aromatic carbocycles. The maximum Gasteiger partial charge on any atom is 0.424 e. The summed E-state index contributed by atoms with van der Waals surface area (Å²) in [7, 11) is 0. The maximum atomic E-state index is 14.2. The molecule has 4 rings (SSSR count). The molecular formula is C32H39FN2O5. The summed E-state index contributed by atoms with van der Waals surface area (Å²) in [5.41, 5.74) is 0.615. The molecule has 2 unspecified atom stereocenters. The van der Waals surface area contributed by atoms with E-state index in [1.54, 1.807) is 61.5 Å². The maximum absolute atomic E-state index is 14.2. The second-order valence-corrected chi connectivity index (χ2v) is 10.2. The molecule has 0 aliphatic carbocycles. The van der Waals surface area contributed by atoms with Gasteiger partial charge in [0.2, 0.25) is 0 Å². The zero-order valence-electron chi connectivity index (χ0n) is 23.3. The van der Waals surface area contributed by atoms with Crippen molar-refractivity contribution in [2.45, 2.75) is 70.6 Å². The van der Waals surface area contributed by atoms with E-state index in [2.05, 4.69) is 4.90 Å². The highest BCUT2D eigenvalue weighted by Gasteiger charge is 2.41. The summed E-state index contributed by atoms with van der Waals surface area (Å²) < 4.78 is 31.3. The van der Waals surface area contributed by atoms with Crippen LogP contribution in [0.15, 0.2) is 84.2 Å². The molecule has 2 aromatic rings. The first-order valence-electron chi connectivity index (χ1n) is 14.2. The van der Waals surface area contributed by atoms with Gasteiger partial charge in [0.1, 0.15) is 17.3 Å². The number of hydrogen-bond donors (Lipinski definition) is 0. The van der Waals surface area contributed by atoms with Gasteiger partial charge in [-0.3, -0.25) is 4.90 Å². The Kier molecular flexibility index (Phi) is 10.9. The molecule has 0 spiro atoms. The number of nitrogens with zero attached hydrogens (tertiary/aromatic N) is 2. The van der Waals surface area contributed by atoms with Crippen molar-refractivity contribution < 1.29 is 28.2 Å². The lowest BCUT2D eigenvalue weighted by Crippen LogP contribution is -2.47. The van der Waals surface area contributed by atoms with E-state index in [1.165, 1.54) is 0 Å². The molecule has 40 heavy (non-hydrogen) atoms. The number of ether oxygens (including phenoxy) is 3. The van der Waals surface area contributed by atoms with Crippen molar-refractivity contribution in [2.75, 3.05) is 19.7 Å². The SMILES string of the molecule is C/C=C\C(COC1CC2CCC(C1)N2CCCN(C(=O)Oc1ccccc1)C(=O)Oc1ccccc1)=C(\F)CC. The average Bonchev–Trinajstić information content (AvgIpc) is 3.20. The summed E-state index contributed by atoms with van der Waals surface area (Å²) in [6.45, 7) is 4.88. The van der Waals surface area contributed by atoms with Crippen LogP contribution >= 0.6 is 0 Å². The van der Waals surface area contributed by atoms with E-state index >= 15 is 0 Å². The van der Waals surface area contributed by atoms with Gasteiger partial charge in [-0.15, -0.1) is 0 Å². The Morgan fingerprint density at radius 3 is 2.00 bits per heavy atom. The Labute approximate surface area is 236 Å². The lowest BCUT2D eigenvalue weighted by atomic mass is 9.99. The predicted octanol–water partition coefficient (Wildman–Crippen LogP) is 7.30. The fourth-order valence-electron chi connectivity index (χ4n) is 5.54. The number of piperidine rings is 1. The van der Waals surface area contributed by atoms with Gasteiger partial charge >= 0.3 is 12.2 Å². The summed E-state index contributed by atoms with van der Waals surface area (Å²) in [5, 5.41) is 0. The van der Waals surface area contributed by atoms with E-state index in [1.807, 2.05) is 25.1 Å². The van der Waals surface area contributed by atoms with Crippen LogP contribution < -0.4 is 9.47 Å². The van der Waals surface area contributed by atoms with E-state index < -0.39 is 12.2 Å². The van der Waals surface area contributed by atoms with Crippen molar-refractivity contribution in [1.82, 2.24) is 9.80 Å². The van der Waals surface area contributed by atoms with Gasteiger partial charge in [0.25, 0.3) is 0 Å². The fourth-order valence-corrected chi connectivity index (χ4v) is 5.54. The average molecular weight is 551 g/mol. The number of allylic oxidation sites excluding steroid dienone is 2. The van der Waals surface area contributed by atoms with Gasteiger partial charge < -0.3 is 14.2 Å². The Morgan fingerprint density at radius 1 is 0.950 bits per heavy atom. The monoisotopic (exact) mass is 550 g/mol. The van der Waals surface area contributed by atoms with Gasteiger partial charge in [-0.2, -0.15) is 0 Å². The number of halogens is 1. The number of rotatable bonds is 11. The van der Waals surface area contributed by atoms with Crippen molar-refractivity contribution in [2.24, 2.45) is 0 Å². The van der Waals surface area contributed by atoms with Crippen LogP contribution in [-0.4, -0.2) is 59.9 Å². The molecule has 214 valence electrons. The van der Waals surface area contributed by atoms with Gasteiger partial charge in [0, 0.05) is 30.7 Å². The highest BCUT2D eigenvalue weighted by Crippen LogP contribution is 2.37. The smallest absolute Gasteiger partial charge is 0.410 e. The topological polar surface area (TPSA) is 68.3 Å². The Balaban J connectivity index is 1.33. The number of carbonyl (C=O) groups is 2. The number of imide groups is 1. The minimum Gasteiger partial charge on any atom is -0.410 e. The second-order valence-electron chi connectivity index (χ2n) is 10.2. The normalized spacial score (nSPS) is 21.2. The first-order chi connectivity index (χ1) is 19.5. The van der Waals surface area contributed by atoms with Crippen LogP contribution in [0.2, 0.25) is 0 Å². The first-order valence-corrected chi connectivity index (χ1v) is 14.2. The van der Waals surface area contributed by atoms with Gasteiger partial charge in [-0.05, 0) is 69.7 Å². The molecule has 2 amide bonds. The predicted molar refractivity (Wildman–Crippen MR) is 152 cm³/mol. The molecule has 2 atom stereocenters. The highest BCUT2D eigenvalue weighted by molar-refractivity contribution is 5.89. The molecule has 2 saturated heterocycles. The molecule has 2 heterocycles. The lowest BCUT2D eigenvalue weighted by molar-refractivity contribution is -0.0114. The molecule has 7 nitrogen and oxygen atoms in total. The Bertz CT molecular complexity index is 1100. The fraction of sp³-hybridized carbons (Fsp3) is 0.438. The molecule has 0 aromatic heterocycles. The Hall–Kier alpha value is -3.49. The zero-order chi connectivity index (χ0) is 28.3. The van der Waals surface area contributed by atoms with Gasteiger partial charge in [0.05, 0.1) is 12.7 Å². The molecule has 2 aliphatic rings. The van der Waals surface area contributed by atoms with Crippen LogP contribution in [0, 0.1) is 0 Å². The molecule has 0 radical (unpaired) electrons. The third-order valence-electron chi connectivity index (χ3n) is 7.48. The van der Waals surface area contributed by atoms with Crippen molar-refractivity contribution in [1.29, 1.82) is 0 Å². The number of para-hydroxylation sites is 2. The molecule has 0 N–H and O–H groups in total. The largest absolute Gasteiger partial charge is 0.424 e. The molecule has 2 fully saturated rings. The summed E-state index contributed by atoms with van der Waals surface area (Å²) in [6.07, 6.45) is 7.09. The third-order valence-corrected chi connectivity index (χ3v) is 7.48. The number of benzene rings is 2. The van der Waals surface area contributed by atoms with Gasteiger partial charge in [0.15, 0.2) is 0 Å². The number of hydrogen-bond acceptors (Lipinski definition) is 6. The molecular weight excluding hydrogens is 511 g/mol. The van der Waals surface area contributed by atoms with Crippen LogP contribution in [0.5, 0.6) is 11.5 Å². The summed E-state index contributed by atoms with van der Waals surface area (Å²) >= 11 is 0. The van der Waals surface area contributed by atoms with E-state index in [-0.39, 0.29) is 25.1 Å². The molecule has 2 bridgehead atoms. The van der Waals surface area contributed by atoms with E-state index in [9.17, 15) is 14.0 Å². The van der Waals surface area contributed by atoms with E-state index in [0.717, 1.165) is 37.1 Å². The number of fused-ring (bicyclic) bond motifs is 2. The quantitative estimate of drug-likeness (QED) is 0.274. The third kappa shape index (κ3) is 8.02. The standard InChI is InChI=1S/C32H39FN2O5/c1-3-12-24(30(33)4-2)23-38-29-21-25-17-18-26(22-29)34(25)19-11-20-35(31(36)39-27-13-7-5-8-14-27)32(37)40-28-15-9-6-10-16-28/h3,5-10,12-16,25-26,29H,4,11,17-23H2,1-2H3/b12-3-,30-24-. The van der Waals surface area contributed by atoms with Crippen LogP contribution in [0.4, 0.5) is 14.0 Å². The van der Waals surface area contributed by atoms with Crippen LogP contribution in [-0.2, 0) is 4.74 Å². The highest BCUT2D eigenvalue weighted by atomic mass is 19.1. The summed E-state index contributed by atoms with van der Waals surface area (Å²) in [6, 6.07) is 18.1. The van der Waals surface area contributed by atoms with Crippen LogP contribution in [0.1, 0.15) is 52.4 Å². The molecule has 0 saturated carbocycles. The van der Waals surface area contributed by atoms with Crippen LogP contribution in [0.3, 0.4) is 0 Å². The van der Waals surface area contributed by atoms with Gasteiger partial charge in [-0.1, -0.05) is 55.5 Å². The molecule has 8 heteroatoms. The number of carbonyl (C=O) groups excluding carboxylic acids is 2. The van der Waals surface area contributed by atoms with Gasteiger partial charge in [-0.25, -0.2) is 18.9 Å². The van der Waals surface area contributed by atoms with E-state index in [0.29, 0.717) is 42.0 Å². The minimum atomic E-state index is -0.772.